The lowest BCUT2D eigenvalue weighted by molar-refractivity contribution is -0.355. The maximum Gasteiger partial charge on any atom is 0.303 e. The molecule has 11 heteroatoms. The molecule has 2 heterocycles. The summed E-state index contributed by atoms with van der Waals surface area (Å²) < 4.78 is 13.4. The Labute approximate surface area is 132 Å². The Bertz CT molecular complexity index is 792. The van der Waals surface area contributed by atoms with Crippen molar-refractivity contribution in [1.82, 2.24) is 10.2 Å². The zero-order valence-corrected chi connectivity index (χ0v) is 11.9. The van der Waals surface area contributed by atoms with E-state index in [1.54, 1.807) is 0 Å². The third kappa shape index (κ3) is 1.93. The Morgan fingerprint density at radius 1 is 1.21 bits per heavy atom. The first-order valence-corrected chi connectivity index (χ1v) is 6.62. The number of halogens is 1. The largest absolute Gasteiger partial charge is 0.398 e. The summed E-state index contributed by atoms with van der Waals surface area (Å²) in [4.78, 5) is 36.3. The minimum atomic E-state index is -3.75. The van der Waals surface area contributed by atoms with E-state index < -0.39 is 47.7 Å². The molecular weight excluding hydrogens is 329 g/mol. The van der Waals surface area contributed by atoms with Crippen molar-refractivity contribution in [3.05, 3.63) is 29.1 Å². The first kappa shape index (κ1) is 16.3. The van der Waals surface area contributed by atoms with Crippen LogP contribution in [0.1, 0.15) is 15.9 Å². The summed E-state index contributed by atoms with van der Waals surface area (Å²) in [5, 5.41) is 40.6. The molecule has 24 heavy (non-hydrogen) atoms. The molecule has 0 aliphatic carbocycles. The lowest BCUT2D eigenvalue weighted by atomic mass is 9.90. The number of nitrogen functional groups attached to an aromatic ring is 1. The number of hydrogen-bond acceptors (Lipinski definition) is 8. The first-order valence-electron chi connectivity index (χ1n) is 6.62. The SMILES string of the molecule is Nc1cc(F)cc2c1CN(C1C(=O)NC(=O)C(O)(O)C1(O)O)C2=O. The fourth-order valence-electron chi connectivity index (χ4n) is 2.80. The van der Waals surface area contributed by atoms with E-state index in [1.165, 1.54) is 5.32 Å². The highest BCUT2D eigenvalue weighted by atomic mass is 19.1. The van der Waals surface area contributed by atoms with E-state index in [0.717, 1.165) is 12.1 Å². The Hall–Kier alpha value is -2.60. The van der Waals surface area contributed by atoms with Crippen LogP contribution in [0, 0.1) is 5.82 Å². The molecule has 3 amide bonds. The molecule has 10 nitrogen and oxygen atoms in total. The van der Waals surface area contributed by atoms with Crippen LogP contribution in [-0.2, 0) is 16.1 Å². The van der Waals surface area contributed by atoms with E-state index in [9.17, 15) is 39.2 Å². The van der Waals surface area contributed by atoms with Crippen LogP contribution in [0.25, 0.3) is 0 Å². The Morgan fingerprint density at radius 3 is 2.46 bits per heavy atom. The fourth-order valence-corrected chi connectivity index (χ4v) is 2.80. The van der Waals surface area contributed by atoms with Gasteiger partial charge < -0.3 is 31.1 Å². The number of imide groups is 1. The van der Waals surface area contributed by atoms with E-state index >= 15 is 0 Å². The van der Waals surface area contributed by atoms with Gasteiger partial charge >= 0.3 is 5.79 Å². The van der Waals surface area contributed by atoms with Crippen molar-refractivity contribution in [1.29, 1.82) is 0 Å². The maximum atomic E-state index is 13.4. The van der Waals surface area contributed by atoms with Crippen LogP contribution >= 0.6 is 0 Å². The number of amides is 3. The highest BCUT2D eigenvalue weighted by Crippen LogP contribution is 2.36. The molecule has 0 spiro atoms. The average Bonchev–Trinajstić information content (AvgIpc) is 2.75. The molecule has 0 radical (unpaired) electrons. The molecule has 7 N–H and O–H groups in total. The number of rotatable bonds is 1. The summed E-state index contributed by atoms with van der Waals surface area (Å²) in [5.41, 5.74) is 5.42. The monoisotopic (exact) mass is 341 g/mol. The van der Waals surface area contributed by atoms with Crippen molar-refractivity contribution in [3.63, 3.8) is 0 Å². The quantitative estimate of drug-likeness (QED) is 0.175. The highest BCUT2D eigenvalue weighted by molar-refractivity contribution is 6.08. The molecule has 2 aliphatic rings. The summed E-state index contributed by atoms with van der Waals surface area (Å²) in [5.74, 6) is -12.4. The number of hydrogen-bond donors (Lipinski definition) is 6. The van der Waals surface area contributed by atoms with Gasteiger partial charge in [0.15, 0.2) is 6.04 Å². The topological polar surface area (TPSA) is 173 Å². The van der Waals surface area contributed by atoms with Gasteiger partial charge in [-0.25, -0.2) is 4.39 Å². The van der Waals surface area contributed by atoms with Gasteiger partial charge in [-0.2, -0.15) is 0 Å². The summed E-state index contributed by atoms with van der Waals surface area (Å²) in [7, 11) is 0. The minimum Gasteiger partial charge on any atom is -0.398 e. The molecule has 1 fully saturated rings. The van der Waals surface area contributed by atoms with E-state index in [2.05, 4.69) is 0 Å². The number of nitrogens with one attached hydrogen (secondary N) is 1. The molecular formula is C13H12FN3O7. The van der Waals surface area contributed by atoms with Gasteiger partial charge in [-0.3, -0.25) is 19.7 Å². The molecule has 1 atom stereocenters. The van der Waals surface area contributed by atoms with E-state index in [0.29, 0.717) is 4.90 Å². The first-order chi connectivity index (χ1) is 11.0. The number of aliphatic hydroxyl groups is 4. The van der Waals surface area contributed by atoms with Gasteiger partial charge in [-0.05, 0) is 12.1 Å². The summed E-state index contributed by atoms with van der Waals surface area (Å²) in [6, 6.07) is -0.456. The molecule has 0 saturated carbocycles. The van der Waals surface area contributed by atoms with E-state index in [4.69, 9.17) is 5.73 Å². The summed E-state index contributed by atoms with van der Waals surface area (Å²) in [6.45, 7) is -0.425. The Kier molecular flexibility index (Phi) is 3.19. The van der Waals surface area contributed by atoms with Crippen LogP contribution in [-0.4, -0.2) is 60.7 Å². The predicted molar refractivity (Wildman–Crippen MR) is 72.0 cm³/mol. The average molecular weight is 341 g/mol. The molecule has 1 unspecified atom stereocenters. The second-order valence-electron chi connectivity index (χ2n) is 5.57. The lowest BCUT2D eigenvalue weighted by Crippen LogP contribution is -2.79. The number of anilines is 1. The highest BCUT2D eigenvalue weighted by Gasteiger charge is 2.67. The molecule has 128 valence electrons. The molecule has 0 aromatic heterocycles. The van der Waals surface area contributed by atoms with Gasteiger partial charge in [0.05, 0.1) is 0 Å². The zero-order chi connectivity index (χ0) is 18.0. The molecule has 1 aromatic carbocycles. The van der Waals surface area contributed by atoms with Gasteiger partial charge in [-0.1, -0.05) is 0 Å². The standard InChI is InChI=1S/C13H12FN3O7/c14-4-1-5-6(7(15)2-4)3-17(10(5)19)8-9(18)16-11(20)13(23,24)12(8,21)22/h1-2,8,21-24H,3,15H2,(H,16,18,20). The number of carbonyl (C=O) groups excluding carboxylic acids is 3. The third-order valence-corrected chi connectivity index (χ3v) is 4.08. The Balaban J connectivity index is 2.07. The molecule has 2 aliphatic heterocycles. The van der Waals surface area contributed by atoms with Crippen LogP contribution in [0.4, 0.5) is 10.1 Å². The van der Waals surface area contributed by atoms with Gasteiger partial charge in [0.2, 0.25) is 0 Å². The smallest absolute Gasteiger partial charge is 0.303 e. The van der Waals surface area contributed by atoms with Crippen LogP contribution in [0.2, 0.25) is 0 Å². The van der Waals surface area contributed by atoms with Crippen LogP contribution in [0.3, 0.4) is 0 Å². The normalized spacial score (nSPS) is 24.8. The van der Waals surface area contributed by atoms with Gasteiger partial charge in [0.25, 0.3) is 23.5 Å². The number of nitrogens with zero attached hydrogens (tertiary/aromatic N) is 1. The lowest BCUT2D eigenvalue weighted by Gasteiger charge is -2.44. The van der Waals surface area contributed by atoms with Gasteiger partial charge in [-0.15, -0.1) is 0 Å². The van der Waals surface area contributed by atoms with E-state index in [1.807, 2.05) is 0 Å². The number of nitrogens with two attached hydrogens (primary N) is 1. The molecule has 3 rings (SSSR count). The number of piperidine rings is 1. The predicted octanol–water partition coefficient (Wildman–Crippen LogP) is -3.25. The summed E-state index contributed by atoms with van der Waals surface area (Å²) in [6.07, 6.45) is 0. The van der Waals surface area contributed by atoms with Gasteiger partial charge in [0.1, 0.15) is 5.82 Å². The number of carbonyl (C=O) groups is 3. The minimum absolute atomic E-state index is 0.103. The second kappa shape index (κ2) is 4.70. The van der Waals surface area contributed by atoms with Crippen molar-refractivity contribution >= 4 is 23.4 Å². The van der Waals surface area contributed by atoms with Gasteiger partial charge in [0, 0.05) is 23.4 Å². The zero-order valence-electron chi connectivity index (χ0n) is 11.9. The number of fused-ring (bicyclic) bond motifs is 1. The van der Waals surface area contributed by atoms with Crippen molar-refractivity contribution < 1.29 is 39.2 Å². The third-order valence-electron chi connectivity index (χ3n) is 4.08. The van der Waals surface area contributed by atoms with Crippen molar-refractivity contribution in [2.75, 3.05) is 5.73 Å². The second-order valence-corrected chi connectivity index (χ2v) is 5.57. The molecule has 0 bridgehead atoms. The van der Waals surface area contributed by atoms with Crippen LogP contribution in [0.15, 0.2) is 12.1 Å². The molecule has 1 aromatic rings. The number of benzene rings is 1. The fraction of sp³-hybridized carbons (Fsp3) is 0.308. The van der Waals surface area contributed by atoms with Crippen molar-refractivity contribution in [3.8, 4) is 0 Å². The van der Waals surface area contributed by atoms with Crippen LogP contribution in [0.5, 0.6) is 0 Å². The summed E-state index contributed by atoms with van der Waals surface area (Å²) >= 11 is 0. The van der Waals surface area contributed by atoms with E-state index in [-0.39, 0.29) is 16.8 Å². The van der Waals surface area contributed by atoms with Crippen LogP contribution < -0.4 is 11.1 Å². The molecule has 1 saturated heterocycles. The van der Waals surface area contributed by atoms with Crippen molar-refractivity contribution in [2.45, 2.75) is 24.2 Å². The van der Waals surface area contributed by atoms with Crippen molar-refractivity contribution in [2.24, 2.45) is 0 Å². The maximum absolute atomic E-state index is 13.4. The Morgan fingerprint density at radius 2 is 1.83 bits per heavy atom.